The number of imidazole rings is 1. The lowest BCUT2D eigenvalue weighted by molar-refractivity contribution is -0.175. The van der Waals surface area contributed by atoms with Gasteiger partial charge in [-0.3, -0.25) is 4.57 Å². The van der Waals surface area contributed by atoms with Crippen molar-refractivity contribution in [2.45, 2.75) is 57.0 Å². The van der Waals surface area contributed by atoms with Gasteiger partial charge in [0.2, 0.25) is 0 Å². The van der Waals surface area contributed by atoms with Gasteiger partial charge in [-0.15, -0.1) is 0 Å². The van der Waals surface area contributed by atoms with Gasteiger partial charge >= 0.3 is 0 Å². The van der Waals surface area contributed by atoms with Gasteiger partial charge in [-0.2, -0.15) is 0 Å². The highest BCUT2D eigenvalue weighted by Crippen LogP contribution is 2.42. The van der Waals surface area contributed by atoms with E-state index in [2.05, 4.69) is 20.3 Å². The largest absolute Gasteiger partial charge is 0.379 e. The van der Waals surface area contributed by atoms with Gasteiger partial charge in [0.05, 0.1) is 19.0 Å². The molecule has 0 amide bonds. The van der Waals surface area contributed by atoms with Crippen LogP contribution >= 0.6 is 0 Å². The number of nitrogens with zero attached hydrogens (tertiary/aromatic N) is 4. The summed E-state index contributed by atoms with van der Waals surface area (Å²) in [4.78, 5) is 13.3. The Kier molecular flexibility index (Phi) is 3.85. The fraction of sp³-hybridized carbons (Fsp3) is 0.647. The monoisotopic (exact) mass is 360 g/mol. The highest BCUT2D eigenvalue weighted by Gasteiger charge is 2.51. The van der Waals surface area contributed by atoms with Gasteiger partial charge in [0, 0.05) is 6.61 Å². The first-order valence-corrected chi connectivity index (χ1v) is 8.97. The Bertz CT molecular complexity index is 804. The SMILES string of the molecule is CC1(C)O[C@H]2[C@H](n3cnc4c(NC5CCCOC5)ncnc43)O[CH][C@H]2O1. The van der Waals surface area contributed by atoms with Crippen molar-refractivity contribution in [2.75, 3.05) is 18.5 Å². The van der Waals surface area contributed by atoms with Crippen LogP contribution in [0.15, 0.2) is 12.7 Å². The fourth-order valence-corrected chi connectivity index (χ4v) is 3.79. The smallest absolute Gasteiger partial charge is 0.167 e. The first-order valence-electron chi connectivity index (χ1n) is 8.97. The number of nitrogens with one attached hydrogen (secondary N) is 1. The zero-order valence-corrected chi connectivity index (χ0v) is 14.8. The molecule has 0 aliphatic carbocycles. The molecule has 3 fully saturated rings. The Labute approximate surface area is 151 Å². The van der Waals surface area contributed by atoms with Crippen LogP contribution in [0.3, 0.4) is 0 Å². The van der Waals surface area contributed by atoms with Crippen LogP contribution in [0.4, 0.5) is 5.82 Å². The van der Waals surface area contributed by atoms with Gasteiger partial charge < -0.3 is 24.3 Å². The molecule has 3 aliphatic rings. The number of ether oxygens (including phenoxy) is 4. The predicted molar refractivity (Wildman–Crippen MR) is 91.0 cm³/mol. The van der Waals surface area contributed by atoms with Crippen LogP contribution in [-0.4, -0.2) is 56.8 Å². The zero-order chi connectivity index (χ0) is 17.7. The molecule has 0 spiro atoms. The number of rotatable bonds is 3. The van der Waals surface area contributed by atoms with Crippen molar-refractivity contribution in [3.8, 4) is 0 Å². The quantitative estimate of drug-likeness (QED) is 0.883. The van der Waals surface area contributed by atoms with E-state index in [0.29, 0.717) is 23.6 Å². The number of fused-ring (bicyclic) bond motifs is 2. The molecular formula is C17H22N5O4. The first kappa shape index (κ1) is 16.4. The summed E-state index contributed by atoms with van der Waals surface area (Å²) in [5, 5.41) is 3.43. The average molecular weight is 360 g/mol. The minimum Gasteiger partial charge on any atom is -0.379 e. The summed E-state index contributed by atoms with van der Waals surface area (Å²) in [6, 6.07) is 0.236. The van der Waals surface area contributed by atoms with E-state index in [1.165, 1.54) is 0 Å². The van der Waals surface area contributed by atoms with Crippen LogP contribution in [0.5, 0.6) is 0 Å². The second-order valence-electron chi connectivity index (χ2n) is 7.33. The van der Waals surface area contributed by atoms with Crippen molar-refractivity contribution < 1.29 is 18.9 Å². The van der Waals surface area contributed by atoms with E-state index in [0.717, 1.165) is 19.4 Å². The number of aromatic nitrogens is 4. The lowest BCUT2D eigenvalue weighted by Gasteiger charge is -2.24. The van der Waals surface area contributed by atoms with Gasteiger partial charge in [-0.1, -0.05) is 0 Å². The van der Waals surface area contributed by atoms with Gasteiger partial charge in [-0.05, 0) is 26.7 Å². The lowest BCUT2D eigenvalue weighted by atomic mass is 10.1. The van der Waals surface area contributed by atoms with Gasteiger partial charge in [0.15, 0.2) is 29.0 Å². The average Bonchev–Trinajstić information content (AvgIpc) is 3.28. The predicted octanol–water partition coefficient (Wildman–Crippen LogP) is 1.63. The van der Waals surface area contributed by atoms with E-state index in [9.17, 15) is 0 Å². The maximum absolute atomic E-state index is 6.01. The molecule has 5 rings (SSSR count). The summed E-state index contributed by atoms with van der Waals surface area (Å²) in [6.07, 6.45) is 4.55. The topological polar surface area (TPSA) is 92.6 Å². The standard InChI is InChI=1S/C17H22N5O4/c1-17(2)25-11-7-24-16(13(11)26-17)22-9-20-12-14(18-8-19-15(12)22)21-10-4-3-5-23-6-10/h7-11,13,16H,3-6H2,1-2H3,(H,18,19,21)/t10?,11-,13-,16-/m1/s1. The summed E-state index contributed by atoms with van der Waals surface area (Å²) in [5.74, 6) is 0.0825. The molecule has 26 heavy (non-hydrogen) atoms. The van der Waals surface area contributed by atoms with E-state index in [-0.39, 0.29) is 24.5 Å². The molecule has 3 saturated heterocycles. The Morgan fingerprint density at radius 3 is 3.00 bits per heavy atom. The van der Waals surface area contributed by atoms with Crippen molar-refractivity contribution >= 4 is 17.0 Å². The Hall–Kier alpha value is -1.81. The molecule has 0 aromatic carbocycles. The van der Waals surface area contributed by atoms with Crippen molar-refractivity contribution in [2.24, 2.45) is 0 Å². The van der Waals surface area contributed by atoms with Gasteiger partial charge in [0.1, 0.15) is 25.1 Å². The van der Waals surface area contributed by atoms with Crippen LogP contribution in [0.25, 0.3) is 11.2 Å². The van der Waals surface area contributed by atoms with Crippen molar-refractivity contribution in [1.29, 1.82) is 0 Å². The van der Waals surface area contributed by atoms with Gasteiger partial charge in [-0.25, -0.2) is 15.0 Å². The van der Waals surface area contributed by atoms with Gasteiger partial charge in [0.25, 0.3) is 0 Å². The number of hydrogen-bond acceptors (Lipinski definition) is 8. The minimum absolute atomic E-state index is 0.203. The van der Waals surface area contributed by atoms with E-state index < -0.39 is 5.79 Å². The molecular weight excluding hydrogens is 338 g/mol. The summed E-state index contributed by atoms with van der Waals surface area (Å²) >= 11 is 0. The molecule has 2 aromatic heterocycles. The molecule has 9 nitrogen and oxygen atoms in total. The summed E-state index contributed by atoms with van der Waals surface area (Å²) < 4.78 is 25.1. The fourth-order valence-electron chi connectivity index (χ4n) is 3.79. The maximum Gasteiger partial charge on any atom is 0.167 e. The first-order chi connectivity index (χ1) is 12.6. The zero-order valence-electron chi connectivity index (χ0n) is 14.8. The van der Waals surface area contributed by atoms with Crippen LogP contribution in [0, 0.1) is 6.61 Å². The number of anilines is 1. The normalized spacial score (nSPS) is 33.5. The third-order valence-corrected chi connectivity index (χ3v) is 4.93. The lowest BCUT2D eigenvalue weighted by Crippen LogP contribution is -2.30. The molecule has 139 valence electrons. The molecule has 5 heterocycles. The molecule has 9 heteroatoms. The number of hydrogen-bond donors (Lipinski definition) is 1. The van der Waals surface area contributed by atoms with Crippen LogP contribution in [0.2, 0.25) is 0 Å². The van der Waals surface area contributed by atoms with E-state index in [1.807, 2.05) is 18.4 Å². The third kappa shape index (κ3) is 2.75. The highest BCUT2D eigenvalue weighted by molar-refractivity contribution is 5.82. The molecule has 3 aliphatic heterocycles. The molecule has 2 aromatic rings. The summed E-state index contributed by atoms with van der Waals surface area (Å²) in [6.45, 7) is 6.99. The highest BCUT2D eigenvalue weighted by atomic mass is 16.8. The van der Waals surface area contributed by atoms with Crippen LogP contribution in [0.1, 0.15) is 32.9 Å². The molecule has 1 N–H and O–H groups in total. The van der Waals surface area contributed by atoms with Crippen molar-refractivity contribution in [1.82, 2.24) is 19.5 Å². The molecule has 1 radical (unpaired) electrons. The Morgan fingerprint density at radius 2 is 2.15 bits per heavy atom. The van der Waals surface area contributed by atoms with Crippen LogP contribution in [-0.2, 0) is 18.9 Å². The molecule has 0 saturated carbocycles. The van der Waals surface area contributed by atoms with E-state index in [1.54, 1.807) is 19.3 Å². The third-order valence-electron chi connectivity index (χ3n) is 4.93. The molecule has 1 unspecified atom stereocenters. The second kappa shape index (κ2) is 6.12. The molecule has 4 atom stereocenters. The second-order valence-corrected chi connectivity index (χ2v) is 7.33. The summed E-state index contributed by atoms with van der Waals surface area (Å²) in [5.41, 5.74) is 1.41. The molecule has 0 bridgehead atoms. The van der Waals surface area contributed by atoms with E-state index >= 15 is 0 Å². The Morgan fingerprint density at radius 1 is 1.23 bits per heavy atom. The summed E-state index contributed by atoms with van der Waals surface area (Å²) in [7, 11) is 0. The minimum atomic E-state index is -0.632. The maximum atomic E-state index is 6.01. The van der Waals surface area contributed by atoms with Crippen LogP contribution < -0.4 is 5.32 Å². The Balaban J connectivity index is 1.44. The van der Waals surface area contributed by atoms with Crippen molar-refractivity contribution in [3.05, 3.63) is 19.3 Å². The van der Waals surface area contributed by atoms with Crippen molar-refractivity contribution in [3.63, 3.8) is 0 Å². The van der Waals surface area contributed by atoms with E-state index in [4.69, 9.17) is 18.9 Å².